The van der Waals surface area contributed by atoms with Crippen molar-refractivity contribution in [3.05, 3.63) is 55.1 Å². The Morgan fingerprint density at radius 3 is 2.47 bits per heavy atom. The molecule has 1 aliphatic heterocycles. The summed E-state index contributed by atoms with van der Waals surface area (Å²) in [4.78, 5) is 38.8. The van der Waals surface area contributed by atoms with Gasteiger partial charge in [0.1, 0.15) is 5.57 Å². The molecule has 1 aliphatic rings. The Hall–Kier alpha value is -2.30. The molecule has 0 aromatic heterocycles. The Kier molecular flexibility index (Phi) is 8.02. The highest BCUT2D eigenvalue weighted by atomic mass is 127. The van der Waals surface area contributed by atoms with Gasteiger partial charge in [-0.2, -0.15) is 0 Å². The summed E-state index contributed by atoms with van der Waals surface area (Å²) in [5, 5.41) is 2.63. The van der Waals surface area contributed by atoms with E-state index in [9.17, 15) is 14.4 Å². The van der Waals surface area contributed by atoms with Gasteiger partial charge in [0, 0.05) is 0 Å². The number of ether oxygens (including phenoxy) is 2. The summed E-state index contributed by atoms with van der Waals surface area (Å²) in [5.41, 5.74) is 0.521. The Morgan fingerprint density at radius 1 is 1.06 bits per heavy atom. The van der Waals surface area contributed by atoms with Crippen LogP contribution in [0.15, 0.2) is 35.9 Å². The highest BCUT2D eigenvalue weighted by molar-refractivity contribution is 14.1. The zero-order chi connectivity index (χ0) is 23.4. The zero-order valence-corrected chi connectivity index (χ0v) is 20.9. The van der Waals surface area contributed by atoms with E-state index in [4.69, 9.17) is 32.7 Å². The van der Waals surface area contributed by atoms with Crippen molar-refractivity contribution in [2.24, 2.45) is 0 Å². The number of rotatable bonds is 7. The molecule has 0 radical (unpaired) electrons. The van der Waals surface area contributed by atoms with Crippen molar-refractivity contribution < 1.29 is 23.9 Å². The van der Waals surface area contributed by atoms with E-state index < -0.39 is 17.8 Å². The van der Waals surface area contributed by atoms with Crippen LogP contribution in [-0.2, 0) is 9.59 Å². The Bertz CT molecular complexity index is 1120. The predicted molar refractivity (Wildman–Crippen MR) is 132 cm³/mol. The van der Waals surface area contributed by atoms with Crippen molar-refractivity contribution in [3.8, 4) is 11.5 Å². The third-order valence-electron chi connectivity index (χ3n) is 4.36. The molecule has 0 unspecified atom stereocenters. The van der Waals surface area contributed by atoms with Crippen LogP contribution in [0.4, 0.5) is 10.5 Å². The number of urea groups is 1. The monoisotopic (exact) mass is 588 g/mol. The molecular formula is C22H19Cl2IN2O5. The summed E-state index contributed by atoms with van der Waals surface area (Å²) in [6, 6.07) is 6.89. The summed E-state index contributed by atoms with van der Waals surface area (Å²) in [6.07, 6.45) is 2.24. The number of hydrogen-bond donors (Lipinski definition) is 1. The lowest BCUT2D eigenvalue weighted by Crippen LogP contribution is -2.54. The molecule has 0 atom stereocenters. The van der Waals surface area contributed by atoms with Crippen LogP contribution in [0, 0.1) is 3.57 Å². The maximum Gasteiger partial charge on any atom is 0.335 e. The first-order valence-corrected chi connectivity index (χ1v) is 11.6. The SMILES string of the molecule is CCCOc1c(I)cc(/C=C2\C(=O)NC(=O)N(c3ccc(Cl)c(Cl)c3)C2=O)cc1OCC. The van der Waals surface area contributed by atoms with Gasteiger partial charge in [-0.15, -0.1) is 0 Å². The number of anilines is 1. The minimum Gasteiger partial charge on any atom is -0.490 e. The van der Waals surface area contributed by atoms with E-state index in [1.807, 2.05) is 13.8 Å². The largest absolute Gasteiger partial charge is 0.490 e. The van der Waals surface area contributed by atoms with E-state index in [1.54, 1.807) is 12.1 Å². The van der Waals surface area contributed by atoms with Crippen molar-refractivity contribution in [1.29, 1.82) is 0 Å². The molecule has 1 fully saturated rings. The molecule has 1 N–H and O–H groups in total. The number of carbonyl (C=O) groups excluding carboxylic acids is 3. The van der Waals surface area contributed by atoms with E-state index in [-0.39, 0.29) is 21.3 Å². The van der Waals surface area contributed by atoms with Crippen molar-refractivity contribution in [2.75, 3.05) is 18.1 Å². The summed E-state index contributed by atoms with van der Waals surface area (Å²) >= 11 is 14.1. The van der Waals surface area contributed by atoms with Gasteiger partial charge in [-0.25, -0.2) is 9.69 Å². The van der Waals surface area contributed by atoms with Crippen molar-refractivity contribution >= 4 is 75.4 Å². The molecule has 2 aromatic carbocycles. The highest BCUT2D eigenvalue weighted by Crippen LogP contribution is 2.36. The van der Waals surface area contributed by atoms with Gasteiger partial charge in [0.05, 0.1) is 32.5 Å². The third-order valence-corrected chi connectivity index (χ3v) is 5.90. The Morgan fingerprint density at radius 2 is 1.81 bits per heavy atom. The van der Waals surface area contributed by atoms with E-state index in [1.165, 1.54) is 24.3 Å². The first kappa shape index (κ1) is 24.3. The lowest BCUT2D eigenvalue weighted by Gasteiger charge is -2.26. The van der Waals surface area contributed by atoms with Gasteiger partial charge in [-0.1, -0.05) is 30.1 Å². The van der Waals surface area contributed by atoms with Crippen LogP contribution in [-0.4, -0.2) is 31.1 Å². The molecule has 7 nitrogen and oxygen atoms in total. The number of hydrogen-bond acceptors (Lipinski definition) is 5. The Labute approximate surface area is 208 Å². The van der Waals surface area contributed by atoms with Gasteiger partial charge < -0.3 is 9.47 Å². The lowest BCUT2D eigenvalue weighted by atomic mass is 10.1. The van der Waals surface area contributed by atoms with E-state index in [0.29, 0.717) is 30.3 Å². The van der Waals surface area contributed by atoms with Crippen LogP contribution >= 0.6 is 45.8 Å². The smallest absolute Gasteiger partial charge is 0.335 e. The van der Waals surface area contributed by atoms with Crippen molar-refractivity contribution in [2.45, 2.75) is 20.3 Å². The average Bonchev–Trinajstić information content (AvgIpc) is 2.73. The molecule has 0 bridgehead atoms. The molecule has 32 heavy (non-hydrogen) atoms. The maximum atomic E-state index is 13.1. The van der Waals surface area contributed by atoms with Crippen molar-refractivity contribution in [3.63, 3.8) is 0 Å². The van der Waals surface area contributed by atoms with E-state index >= 15 is 0 Å². The number of halogens is 3. The summed E-state index contributed by atoms with van der Waals surface area (Å²) in [6.45, 7) is 4.79. The fraction of sp³-hybridized carbons (Fsp3) is 0.227. The van der Waals surface area contributed by atoms with Gasteiger partial charge in [0.25, 0.3) is 11.8 Å². The second-order valence-corrected chi connectivity index (χ2v) is 8.64. The van der Waals surface area contributed by atoms with E-state index in [0.717, 1.165) is 14.9 Å². The zero-order valence-electron chi connectivity index (χ0n) is 17.2. The van der Waals surface area contributed by atoms with E-state index in [2.05, 4.69) is 27.9 Å². The minimum absolute atomic E-state index is 0.172. The number of nitrogens with one attached hydrogen (secondary N) is 1. The molecule has 1 saturated heterocycles. The number of amides is 4. The number of imide groups is 2. The summed E-state index contributed by atoms with van der Waals surface area (Å²) in [5.74, 6) is -0.476. The van der Waals surface area contributed by atoms with Crippen LogP contribution in [0.25, 0.3) is 6.08 Å². The standard InChI is InChI=1S/C22H19Cl2IN2O5/c1-3-7-32-19-17(25)9-12(10-18(19)31-4-2)8-14-20(28)26-22(30)27(21(14)29)13-5-6-15(23)16(24)11-13/h5-6,8-11H,3-4,7H2,1-2H3,(H,26,28,30)/b14-8+. The second kappa shape index (κ2) is 10.5. The quantitative estimate of drug-likeness (QED) is 0.264. The molecule has 0 aliphatic carbocycles. The van der Waals surface area contributed by atoms with Gasteiger partial charge in [0.2, 0.25) is 0 Å². The molecule has 3 rings (SSSR count). The predicted octanol–water partition coefficient (Wildman–Crippen LogP) is 5.45. The minimum atomic E-state index is -0.872. The van der Waals surface area contributed by atoms with Crippen LogP contribution in [0.2, 0.25) is 10.0 Å². The van der Waals surface area contributed by atoms with Crippen LogP contribution in [0.5, 0.6) is 11.5 Å². The molecule has 4 amide bonds. The highest BCUT2D eigenvalue weighted by Gasteiger charge is 2.37. The maximum absolute atomic E-state index is 13.1. The summed E-state index contributed by atoms with van der Waals surface area (Å²) < 4.78 is 12.2. The van der Waals surface area contributed by atoms with Gasteiger partial charge >= 0.3 is 6.03 Å². The van der Waals surface area contributed by atoms with Crippen LogP contribution in [0.1, 0.15) is 25.8 Å². The lowest BCUT2D eigenvalue weighted by molar-refractivity contribution is -0.122. The molecule has 1 heterocycles. The van der Waals surface area contributed by atoms with Gasteiger partial charge in [0.15, 0.2) is 11.5 Å². The van der Waals surface area contributed by atoms with Crippen LogP contribution < -0.4 is 19.7 Å². The fourth-order valence-electron chi connectivity index (χ4n) is 2.96. The third kappa shape index (κ3) is 5.19. The molecule has 0 saturated carbocycles. The van der Waals surface area contributed by atoms with Crippen molar-refractivity contribution in [1.82, 2.24) is 5.32 Å². The normalized spacial score (nSPS) is 15.2. The molecule has 10 heteroatoms. The van der Waals surface area contributed by atoms with Gasteiger partial charge in [-0.3, -0.25) is 14.9 Å². The number of benzene rings is 2. The average molecular weight is 589 g/mol. The fourth-order valence-corrected chi connectivity index (χ4v) is 4.03. The van der Waals surface area contributed by atoms with Gasteiger partial charge in [-0.05, 0) is 77.9 Å². The molecule has 2 aromatic rings. The number of nitrogens with zero attached hydrogens (tertiary/aromatic N) is 1. The van der Waals surface area contributed by atoms with Crippen LogP contribution in [0.3, 0.4) is 0 Å². The Balaban J connectivity index is 2.02. The molecular weight excluding hydrogens is 570 g/mol. The molecule has 168 valence electrons. The number of barbiturate groups is 1. The first-order valence-electron chi connectivity index (χ1n) is 9.72. The summed E-state index contributed by atoms with van der Waals surface area (Å²) in [7, 11) is 0. The second-order valence-electron chi connectivity index (χ2n) is 6.67. The number of carbonyl (C=O) groups is 3. The topological polar surface area (TPSA) is 84.9 Å². The first-order chi connectivity index (χ1) is 15.3. The molecule has 0 spiro atoms.